The molecule has 0 spiro atoms. The van der Waals surface area contributed by atoms with E-state index in [1.807, 2.05) is 18.2 Å². The quantitative estimate of drug-likeness (QED) is 0.342. The van der Waals surface area contributed by atoms with Crippen LogP contribution in [0.4, 0.5) is 5.82 Å². The monoisotopic (exact) mass is 514 g/mol. The van der Waals surface area contributed by atoms with E-state index in [-0.39, 0.29) is 12.4 Å². The summed E-state index contributed by atoms with van der Waals surface area (Å²) in [6.07, 6.45) is 0.591. The summed E-state index contributed by atoms with van der Waals surface area (Å²) in [5.74, 6) is 1.46. The first-order valence-electron chi connectivity index (χ1n) is 11.9. The van der Waals surface area contributed by atoms with Crippen LogP contribution in [0.25, 0.3) is 11.2 Å². The van der Waals surface area contributed by atoms with Gasteiger partial charge in [-0.05, 0) is 47.4 Å². The summed E-state index contributed by atoms with van der Waals surface area (Å²) in [5.41, 5.74) is 9.03. The number of nitrogens with two attached hydrogens (primary N) is 1. The second kappa shape index (κ2) is 10.0. The third-order valence-electron chi connectivity index (χ3n) is 6.58. The Kier molecular flexibility index (Phi) is 6.40. The van der Waals surface area contributed by atoms with E-state index in [1.165, 1.54) is 6.33 Å². The lowest BCUT2D eigenvalue weighted by Gasteiger charge is -2.20. The Bertz CT molecular complexity index is 1510. The second-order valence-corrected chi connectivity index (χ2v) is 8.90. The van der Waals surface area contributed by atoms with Gasteiger partial charge in [-0.15, -0.1) is 0 Å². The van der Waals surface area contributed by atoms with E-state index in [4.69, 9.17) is 34.5 Å². The van der Waals surface area contributed by atoms with Crippen molar-refractivity contribution in [3.63, 3.8) is 0 Å². The maximum absolute atomic E-state index is 10.0. The van der Waals surface area contributed by atoms with Gasteiger partial charge in [-0.2, -0.15) is 5.26 Å². The maximum Gasteiger partial charge on any atom is 0.495 e. The van der Waals surface area contributed by atoms with E-state index in [0.717, 1.165) is 11.0 Å². The van der Waals surface area contributed by atoms with Crippen LogP contribution in [0, 0.1) is 11.3 Å². The van der Waals surface area contributed by atoms with Crippen molar-refractivity contribution in [2.75, 3.05) is 19.5 Å². The minimum Gasteiger partial charge on any atom is -0.457 e. The zero-order valence-corrected chi connectivity index (χ0v) is 20.3. The number of imidazole rings is 1. The normalized spacial score (nSPS) is 22.5. The van der Waals surface area contributed by atoms with Crippen molar-refractivity contribution in [1.82, 2.24) is 19.5 Å². The summed E-state index contributed by atoms with van der Waals surface area (Å²) in [5, 5.41) is 19.0. The summed E-state index contributed by atoms with van der Waals surface area (Å²) < 4.78 is 31.9. The number of nitrogens with zero attached hydrogens (tertiary/aromatic N) is 5. The topological polar surface area (TPSA) is 160 Å². The number of nitrogen functional groups attached to an aromatic ring is 1. The van der Waals surface area contributed by atoms with Crippen LogP contribution in [0.2, 0.25) is 0 Å². The Hall–Kier alpha value is -4.06. The van der Waals surface area contributed by atoms with Gasteiger partial charge in [0.15, 0.2) is 17.7 Å². The molecule has 4 heterocycles. The predicted octanol–water partition coefficient (Wildman–Crippen LogP) is 1.29. The van der Waals surface area contributed by atoms with Crippen molar-refractivity contribution in [1.29, 1.82) is 5.26 Å². The number of benzene rings is 2. The maximum atomic E-state index is 10.0. The number of fused-ring (bicyclic) bond motifs is 2. The molecule has 2 fully saturated rings. The first-order valence-corrected chi connectivity index (χ1v) is 11.9. The fourth-order valence-corrected chi connectivity index (χ4v) is 4.80. The number of methoxy groups -OCH3 is 1. The highest BCUT2D eigenvalue weighted by atomic mass is 16.7. The molecular weight excluding hydrogens is 491 g/mol. The van der Waals surface area contributed by atoms with Crippen LogP contribution in [-0.2, 0) is 25.4 Å². The molecule has 2 aromatic heterocycles. The number of rotatable bonds is 7. The minimum absolute atomic E-state index is 0.250. The Morgan fingerprint density at radius 2 is 1.89 bits per heavy atom. The number of hydrogen-bond donors (Lipinski definition) is 2. The number of ether oxygens (including phenoxy) is 3. The van der Waals surface area contributed by atoms with Gasteiger partial charge in [-0.1, -0.05) is 6.07 Å². The van der Waals surface area contributed by atoms with Crippen molar-refractivity contribution < 1.29 is 28.6 Å². The molecule has 192 valence electrons. The van der Waals surface area contributed by atoms with Crippen LogP contribution in [0.3, 0.4) is 0 Å². The molecule has 12 nitrogen and oxygen atoms in total. The molecule has 6 rings (SSSR count). The lowest BCUT2D eigenvalue weighted by atomic mass is 9.76. The van der Waals surface area contributed by atoms with Crippen LogP contribution in [0.15, 0.2) is 55.1 Å². The summed E-state index contributed by atoms with van der Waals surface area (Å²) in [7, 11) is 0.876. The van der Waals surface area contributed by atoms with Crippen molar-refractivity contribution in [3.05, 3.63) is 66.2 Å². The predicted molar refractivity (Wildman–Crippen MR) is 134 cm³/mol. The molecule has 2 saturated heterocycles. The third-order valence-corrected chi connectivity index (χ3v) is 6.58. The van der Waals surface area contributed by atoms with Gasteiger partial charge in [0.25, 0.3) is 0 Å². The highest BCUT2D eigenvalue weighted by molar-refractivity contribution is 6.62. The second-order valence-electron chi connectivity index (χ2n) is 8.90. The van der Waals surface area contributed by atoms with Crippen LogP contribution >= 0.6 is 0 Å². The van der Waals surface area contributed by atoms with Gasteiger partial charge in [0, 0.05) is 7.11 Å². The Balaban J connectivity index is 1.27. The van der Waals surface area contributed by atoms with E-state index in [2.05, 4.69) is 21.0 Å². The lowest BCUT2D eigenvalue weighted by Crippen LogP contribution is -2.38. The molecule has 0 aliphatic carbocycles. The van der Waals surface area contributed by atoms with E-state index < -0.39 is 31.7 Å². The smallest absolute Gasteiger partial charge is 0.457 e. The molecule has 0 amide bonds. The van der Waals surface area contributed by atoms with E-state index in [0.29, 0.717) is 34.8 Å². The highest BCUT2D eigenvalue weighted by Crippen LogP contribution is 2.39. The fraction of sp³-hybridized carbons (Fsp3) is 0.280. The van der Waals surface area contributed by atoms with Crippen molar-refractivity contribution in [2.45, 2.75) is 31.1 Å². The molecule has 4 aromatic rings. The molecule has 4 atom stereocenters. The SMILES string of the molecule is COCc1cc(Oc2ccc(C#N)cc2)ccc1B1OC2[C@@H](CO)O[C@@H](n3cnc4c(N)ncnc43)[C@H]2O1. The average Bonchev–Trinajstić information content (AvgIpc) is 3.64. The zero-order valence-electron chi connectivity index (χ0n) is 20.3. The lowest BCUT2D eigenvalue weighted by molar-refractivity contribution is -0.0570. The van der Waals surface area contributed by atoms with Crippen LogP contribution in [0.1, 0.15) is 17.4 Å². The average molecular weight is 514 g/mol. The molecule has 38 heavy (non-hydrogen) atoms. The Labute approximate surface area is 217 Å². The number of aliphatic hydroxyl groups excluding tert-OH is 1. The first kappa shape index (κ1) is 24.3. The van der Waals surface area contributed by atoms with Gasteiger partial charge in [0.2, 0.25) is 0 Å². The fourth-order valence-electron chi connectivity index (χ4n) is 4.80. The summed E-state index contributed by atoms with van der Waals surface area (Å²) in [6, 6.07) is 14.5. The summed E-state index contributed by atoms with van der Waals surface area (Å²) >= 11 is 0. The van der Waals surface area contributed by atoms with Crippen LogP contribution < -0.4 is 15.9 Å². The molecule has 2 aliphatic heterocycles. The number of anilines is 1. The van der Waals surface area contributed by atoms with Crippen molar-refractivity contribution in [2.24, 2.45) is 0 Å². The van der Waals surface area contributed by atoms with Crippen molar-refractivity contribution in [3.8, 4) is 17.6 Å². The van der Waals surface area contributed by atoms with Crippen LogP contribution in [0.5, 0.6) is 11.5 Å². The van der Waals surface area contributed by atoms with E-state index in [1.54, 1.807) is 42.3 Å². The third kappa shape index (κ3) is 4.24. The number of aromatic nitrogens is 4. The van der Waals surface area contributed by atoms with E-state index in [9.17, 15) is 5.11 Å². The van der Waals surface area contributed by atoms with Gasteiger partial charge in [-0.25, -0.2) is 15.0 Å². The summed E-state index contributed by atoms with van der Waals surface area (Å²) in [4.78, 5) is 12.6. The molecular formula is C25H23BN6O6. The standard InChI is InChI=1S/C25H23BN6O6/c1-34-11-15-8-17(35-16-4-2-14(9-27)3-5-16)6-7-18(15)26-37-21-19(10-33)36-25(22(21)38-26)32-13-31-20-23(28)29-12-30-24(20)32/h2-8,12-13,19,21-22,25,33H,10-11H2,1H3,(H2,28,29,30)/t19-,21?,22+,25-/m1/s1. The van der Waals surface area contributed by atoms with Gasteiger partial charge in [-0.3, -0.25) is 4.57 Å². The van der Waals surface area contributed by atoms with E-state index >= 15 is 0 Å². The molecule has 2 aliphatic rings. The Morgan fingerprint density at radius 1 is 1.11 bits per heavy atom. The number of hydrogen-bond acceptors (Lipinski definition) is 11. The highest BCUT2D eigenvalue weighted by Gasteiger charge is 2.55. The molecule has 2 aromatic carbocycles. The summed E-state index contributed by atoms with van der Waals surface area (Å²) in [6.45, 7) is 0.0456. The number of aliphatic hydroxyl groups is 1. The minimum atomic E-state index is -0.728. The van der Waals surface area contributed by atoms with Gasteiger partial charge < -0.3 is 34.4 Å². The van der Waals surface area contributed by atoms with Gasteiger partial charge >= 0.3 is 7.12 Å². The van der Waals surface area contributed by atoms with Crippen molar-refractivity contribution >= 4 is 29.6 Å². The molecule has 3 N–H and O–H groups in total. The van der Waals surface area contributed by atoms with Crippen LogP contribution in [-0.4, -0.2) is 63.8 Å². The molecule has 1 unspecified atom stereocenters. The molecule has 0 radical (unpaired) electrons. The number of nitriles is 1. The zero-order chi connectivity index (χ0) is 26.2. The van der Waals surface area contributed by atoms with Gasteiger partial charge in [0.05, 0.1) is 31.2 Å². The Morgan fingerprint density at radius 3 is 2.66 bits per heavy atom. The molecule has 0 bridgehead atoms. The van der Waals surface area contributed by atoms with Gasteiger partial charge in [0.1, 0.15) is 41.7 Å². The molecule has 0 saturated carbocycles. The molecule has 13 heteroatoms. The largest absolute Gasteiger partial charge is 0.495 e. The first-order chi connectivity index (χ1) is 18.6.